The quantitative estimate of drug-likeness (QED) is 0.608. The molecule has 59 valence electrons. The van der Waals surface area contributed by atoms with Crippen LogP contribution < -0.4 is 5.30 Å². The maximum Gasteiger partial charge on any atom is 0.356 e. The fourth-order valence-corrected chi connectivity index (χ4v) is 1.61. The molecule has 3 nitrogen and oxygen atoms in total. The van der Waals surface area contributed by atoms with Crippen LogP contribution in [0.1, 0.15) is 5.56 Å². The average Bonchev–Trinajstić information content (AvgIpc) is 1.86. The van der Waals surface area contributed by atoms with Crippen LogP contribution in [0.2, 0.25) is 0 Å². The van der Waals surface area contributed by atoms with Gasteiger partial charge >= 0.3 is 7.60 Å². The highest BCUT2D eigenvalue weighted by Crippen LogP contribution is 2.33. The third kappa shape index (κ3) is 1.90. The largest absolute Gasteiger partial charge is 0.356 e. The van der Waals surface area contributed by atoms with E-state index in [9.17, 15) is 4.57 Å². The van der Waals surface area contributed by atoms with E-state index in [4.69, 9.17) is 9.79 Å². The molecular weight excluding hydrogens is 163 g/mol. The fourth-order valence-electron chi connectivity index (χ4n) is 0.827. The Labute approximate surface area is 64.8 Å². The second-order valence-corrected chi connectivity index (χ2v) is 3.79. The van der Waals surface area contributed by atoms with E-state index in [-0.39, 0.29) is 5.30 Å². The summed E-state index contributed by atoms with van der Waals surface area (Å²) in [7, 11) is -4.09. The molecule has 1 rings (SSSR count). The molecule has 0 aliphatic carbocycles. The second kappa shape index (κ2) is 2.78. The van der Waals surface area contributed by atoms with Crippen LogP contribution in [-0.4, -0.2) is 9.79 Å². The summed E-state index contributed by atoms with van der Waals surface area (Å²) in [5, 5.41) is 0.0556. The van der Waals surface area contributed by atoms with Gasteiger partial charge in [0.05, 0.1) is 5.30 Å². The van der Waals surface area contributed by atoms with Crippen LogP contribution in [0, 0.1) is 13.0 Å². The van der Waals surface area contributed by atoms with Gasteiger partial charge in [0.15, 0.2) is 0 Å². The summed E-state index contributed by atoms with van der Waals surface area (Å²) < 4.78 is 10.7. The van der Waals surface area contributed by atoms with E-state index in [1.165, 1.54) is 6.07 Å². The van der Waals surface area contributed by atoms with Gasteiger partial charge in [0.1, 0.15) is 0 Å². The van der Waals surface area contributed by atoms with Gasteiger partial charge < -0.3 is 9.79 Å². The zero-order valence-corrected chi connectivity index (χ0v) is 6.88. The summed E-state index contributed by atoms with van der Waals surface area (Å²) in [6.45, 7) is 1.62. The van der Waals surface area contributed by atoms with Crippen LogP contribution in [0.15, 0.2) is 18.2 Å². The van der Waals surface area contributed by atoms with Crippen molar-refractivity contribution < 1.29 is 14.4 Å². The van der Waals surface area contributed by atoms with Gasteiger partial charge in [0, 0.05) is 0 Å². The van der Waals surface area contributed by atoms with Crippen LogP contribution >= 0.6 is 7.60 Å². The van der Waals surface area contributed by atoms with Gasteiger partial charge in [-0.15, -0.1) is 0 Å². The van der Waals surface area contributed by atoms with Crippen molar-refractivity contribution in [1.82, 2.24) is 0 Å². The lowest BCUT2D eigenvalue weighted by Crippen LogP contribution is -2.06. The molecule has 0 aliphatic rings. The molecule has 1 radical (unpaired) electrons. The van der Waals surface area contributed by atoms with Crippen LogP contribution in [0.5, 0.6) is 0 Å². The molecule has 0 heterocycles. The highest BCUT2D eigenvalue weighted by atomic mass is 31.2. The highest BCUT2D eigenvalue weighted by molar-refractivity contribution is 7.60. The topological polar surface area (TPSA) is 57.5 Å². The van der Waals surface area contributed by atoms with Crippen molar-refractivity contribution in [2.24, 2.45) is 0 Å². The average molecular weight is 171 g/mol. The van der Waals surface area contributed by atoms with Gasteiger partial charge in [-0.05, 0) is 24.6 Å². The SMILES string of the molecule is Cc1[c]cccc1P(=O)(O)O. The normalized spacial score (nSPS) is 11.5. The summed E-state index contributed by atoms with van der Waals surface area (Å²) in [6, 6.07) is 7.30. The Hall–Kier alpha value is -0.630. The molecule has 0 saturated carbocycles. The fraction of sp³-hybridized carbons (Fsp3) is 0.143. The molecule has 0 bridgehead atoms. The standard InChI is InChI=1S/C7H8O3P/c1-6-4-2-3-5-7(6)11(8,9)10/h2-3,5H,1H3,(H2,8,9,10). The smallest absolute Gasteiger partial charge is 0.321 e. The Kier molecular flexibility index (Phi) is 2.14. The monoisotopic (exact) mass is 171 g/mol. The summed E-state index contributed by atoms with van der Waals surface area (Å²) in [6.07, 6.45) is 0. The van der Waals surface area contributed by atoms with E-state index in [0.29, 0.717) is 5.56 Å². The van der Waals surface area contributed by atoms with Gasteiger partial charge in [-0.3, -0.25) is 4.57 Å². The highest BCUT2D eigenvalue weighted by Gasteiger charge is 2.18. The third-order valence-electron chi connectivity index (χ3n) is 1.35. The lowest BCUT2D eigenvalue weighted by Gasteiger charge is -2.05. The number of hydrogen-bond acceptors (Lipinski definition) is 1. The van der Waals surface area contributed by atoms with Crippen LogP contribution in [0.25, 0.3) is 0 Å². The summed E-state index contributed by atoms with van der Waals surface area (Å²) in [4.78, 5) is 17.5. The minimum absolute atomic E-state index is 0.0556. The van der Waals surface area contributed by atoms with E-state index in [1.54, 1.807) is 19.1 Å². The maximum atomic E-state index is 10.7. The minimum Gasteiger partial charge on any atom is -0.321 e. The van der Waals surface area contributed by atoms with Crippen molar-refractivity contribution in [3.63, 3.8) is 0 Å². The molecular formula is C7H8O3P. The summed E-state index contributed by atoms with van der Waals surface area (Å²) >= 11 is 0. The molecule has 0 aliphatic heterocycles. The molecule has 2 N–H and O–H groups in total. The molecule has 1 aromatic carbocycles. The summed E-state index contributed by atoms with van der Waals surface area (Å²) in [5.74, 6) is 0. The lowest BCUT2D eigenvalue weighted by molar-refractivity contribution is 0.387. The number of rotatable bonds is 1. The molecule has 0 aromatic heterocycles. The van der Waals surface area contributed by atoms with Crippen molar-refractivity contribution in [3.8, 4) is 0 Å². The van der Waals surface area contributed by atoms with Crippen LogP contribution in [-0.2, 0) is 4.57 Å². The first-order chi connectivity index (χ1) is 5.02. The van der Waals surface area contributed by atoms with Crippen molar-refractivity contribution in [2.45, 2.75) is 6.92 Å². The zero-order chi connectivity index (χ0) is 8.48. The van der Waals surface area contributed by atoms with E-state index in [0.717, 1.165) is 0 Å². The van der Waals surface area contributed by atoms with E-state index in [1.807, 2.05) is 0 Å². The Balaban J connectivity index is 3.25. The molecule has 1 aromatic rings. The predicted octanol–water partition coefficient (Wildman–Crippen LogP) is 0.598. The molecule has 11 heavy (non-hydrogen) atoms. The Morgan fingerprint density at radius 3 is 2.55 bits per heavy atom. The minimum atomic E-state index is -4.09. The third-order valence-corrected chi connectivity index (χ3v) is 2.46. The Morgan fingerprint density at radius 2 is 2.18 bits per heavy atom. The second-order valence-electron chi connectivity index (χ2n) is 2.22. The molecule has 4 heteroatoms. The first-order valence-electron chi connectivity index (χ1n) is 3.05. The molecule has 0 atom stereocenters. The predicted molar refractivity (Wildman–Crippen MR) is 41.7 cm³/mol. The lowest BCUT2D eigenvalue weighted by atomic mass is 10.2. The van der Waals surface area contributed by atoms with Crippen LogP contribution in [0.4, 0.5) is 0 Å². The first kappa shape index (κ1) is 8.47. The van der Waals surface area contributed by atoms with Gasteiger partial charge in [0.25, 0.3) is 0 Å². The van der Waals surface area contributed by atoms with E-state index < -0.39 is 7.60 Å². The number of aryl methyl sites for hydroxylation is 1. The van der Waals surface area contributed by atoms with Crippen molar-refractivity contribution in [1.29, 1.82) is 0 Å². The molecule has 0 saturated heterocycles. The van der Waals surface area contributed by atoms with Gasteiger partial charge in [-0.2, -0.15) is 0 Å². The zero-order valence-electron chi connectivity index (χ0n) is 5.98. The first-order valence-corrected chi connectivity index (χ1v) is 4.66. The number of benzene rings is 1. The Bertz CT molecular complexity index is 302. The van der Waals surface area contributed by atoms with E-state index >= 15 is 0 Å². The molecule has 0 spiro atoms. The van der Waals surface area contributed by atoms with Gasteiger partial charge in [0.2, 0.25) is 0 Å². The van der Waals surface area contributed by atoms with Crippen LogP contribution in [0.3, 0.4) is 0 Å². The van der Waals surface area contributed by atoms with Crippen molar-refractivity contribution >= 4 is 12.9 Å². The van der Waals surface area contributed by atoms with Crippen molar-refractivity contribution in [2.75, 3.05) is 0 Å². The summed E-state index contributed by atoms with van der Waals surface area (Å²) in [5.41, 5.74) is 0.501. The van der Waals surface area contributed by atoms with E-state index in [2.05, 4.69) is 6.07 Å². The molecule has 0 amide bonds. The van der Waals surface area contributed by atoms with Crippen molar-refractivity contribution in [3.05, 3.63) is 29.8 Å². The van der Waals surface area contributed by atoms with Gasteiger partial charge in [-0.25, -0.2) is 0 Å². The number of hydrogen-bond donors (Lipinski definition) is 2. The Morgan fingerprint density at radius 1 is 1.55 bits per heavy atom. The van der Waals surface area contributed by atoms with Gasteiger partial charge in [-0.1, -0.05) is 12.1 Å². The molecule has 0 fully saturated rings. The maximum absolute atomic E-state index is 10.7. The molecule has 0 unspecified atom stereocenters.